The molecule has 8 heteroatoms. The molecule has 0 saturated carbocycles. The van der Waals surface area contributed by atoms with Crippen LogP contribution in [0.4, 0.5) is 26.3 Å². The molecule has 0 aliphatic rings. The topological polar surface area (TPSA) is 17.8 Å². The Labute approximate surface area is 116 Å². The highest BCUT2D eigenvalue weighted by Crippen LogP contribution is 2.41. The van der Waals surface area contributed by atoms with Crippen molar-refractivity contribution in [3.05, 3.63) is 47.0 Å². The molecule has 0 aliphatic carbocycles. The van der Waals surface area contributed by atoms with E-state index < -0.39 is 29.2 Å². The first-order valence-electron chi connectivity index (χ1n) is 5.82. The largest absolute Gasteiger partial charge is 0.418 e. The van der Waals surface area contributed by atoms with Crippen LogP contribution in [0.5, 0.6) is 0 Å². The van der Waals surface area contributed by atoms with Crippen LogP contribution in [-0.4, -0.2) is 9.55 Å². The second-order valence-corrected chi connectivity index (χ2v) is 4.48. The SMILES string of the molecule is Cc1ncn(-c2c(C(F)(F)F)cccc2C(F)(F)F)c1C. The number of imidazole rings is 1. The third kappa shape index (κ3) is 2.74. The molecular weight excluding hydrogens is 298 g/mol. The van der Waals surface area contributed by atoms with Gasteiger partial charge in [-0.25, -0.2) is 4.98 Å². The molecule has 0 amide bonds. The average Bonchev–Trinajstić information content (AvgIpc) is 2.67. The Bertz CT molecular complexity index is 634. The summed E-state index contributed by atoms with van der Waals surface area (Å²) in [5.74, 6) is 0. The first kappa shape index (κ1) is 15.4. The number of rotatable bonds is 1. The lowest BCUT2D eigenvalue weighted by Gasteiger charge is -2.20. The lowest BCUT2D eigenvalue weighted by Crippen LogP contribution is -2.18. The summed E-state index contributed by atoms with van der Waals surface area (Å²) in [5.41, 5.74) is -3.07. The number of benzene rings is 1. The van der Waals surface area contributed by atoms with Crippen molar-refractivity contribution in [3.8, 4) is 5.69 Å². The van der Waals surface area contributed by atoms with Gasteiger partial charge < -0.3 is 4.57 Å². The molecule has 0 aliphatic heterocycles. The minimum Gasteiger partial charge on any atom is -0.302 e. The van der Waals surface area contributed by atoms with Gasteiger partial charge in [0.1, 0.15) is 0 Å². The quantitative estimate of drug-likeness (QED) is 0.708. The molecule has 2 nitrogen and oxygen atoms in total. The van der Waals surface area contributed by atoms with Gasteiger partial charge in [0, 0.05) is 5.69 Å². The normalized spacial score (nSPS) is 12.8. The van der Waals surface area contributed by atoms with E-state index in [9.17, 15) is 26.3 Å². The highest BCUT2D eigenvalue weighted by molar-refractivity contribution is 5.52. The second-order valence-electron chi connectivity index (χ2n) is 4.48. The molecule has 1 aromatic heterocycles. The van der Waals surface area contributed by atoms with Crippen LogP contribution in [0.2, 0.25) is 0 Å². The summed E-state index contributed by atoms with van der Waals surface area (Å²) in [4.78, 5) is 3.77. The molecule has 0 bridgehead atoms. The first-order valence-corrected chi connectivity index (χ1v) is 5.82. The number of nitrogens with zero attached hydrogens (tertiary/aromatic N) is 2. The van der Waals surface area contributed by atoms with Crippen molar-refractivity contribution in [2.45, 2.75) is 26.2 Å². The molecule has 2 rings (SSSR count). The number of para-hydroxylation sites is 1. The Hall–Kier alpha value is -1.99. The summed E-state index contributed by atoms with van der Waals surface area (Å²) in [6.07, 6.45) is -8.84. The van der Waals surface area contributed by atoms with Gasteiger partial charge in [0.15, 0.2) is 0 Å². The molecule has 1 heterocycles. The van der Waals surface area contributed by atoms with Crippen molar-refractivity contribution in [1.29, 1.82) is 0 Å². The van der Waals surface area contributed by atoms with Gasteiger partial charge in [-0.05, 0) is 26.0 Å². The van der Waals surface area contributed by atoms with E-state index in [2.05, 4.69) is 4.98 Å². The van der Waals surface area contributed by atoms with E-state index in [1.165, 1.54) is 13.8 Å². The van der Waals surface area contributed by atoms with Crippen LogP contribution in [0.1, 0.15) is 22.5 Å². The Morgan fingerprint density at radius 2 is 1.38 bits per heavy atom. The Kier molecular flexibility index (Phi) is 3.51. The van der Waals surface area contributed by atoms with Crippen molar-refractivity contribution in [2.24, 2.45) is 0 Å². The minimum absolute atomic E-state index is 0.220. The van der Waals surface area contributed by atoms with E-state index >= 15 is 0 Å². The fourth-order valence-corrected chi connectivity index (χ4v) is 1.98. The maximum absolute atomic E-state index is 13.0. The standard InChI is InChI=1S/C13H10F6N2/c1-7-8(2)21(6-20-7)11-9(12(14,15)16)4-3-5-10(11)13(17,18)19/h3-6H,1-2H3. The van der Waals surface area contributed by atoms with E-state index in [1.54, 1.807) is 0 Å². The molecular formula is C13H10F6N2. The second kappa shape index (κ2) is 4.78. The van der Waals surface area contributed by atoms with Crippen molar-refractivity contribution in [3.63, 3.8) is 0 Å². The van der Waals surface area contributed by atoms with E-state index in [-0.39, 0.29) is 5.69 Å². The molecule has 0 radical (unpaired) electrons. The van der Waals surface area contributed by atoms with E-state index in [0.717, 1.165) is 17.0 Å². The fourth-order valence-electron chi connectivity index (χ4n) is 1.98. The third-order valence-corrected chi connectivity index (χ3v) is 3.14. The Morgan fingerprint density at radius 1 is 0.905 bits per heavy atom. The summed E-state index contributed by atoms with van der Waals surface area (Å²) >= 11 is 0. The number of halogens is 6. The summed E-state index contributed by atoms with van der Waals surface area (Å²) in [6.45, 7) is 2.92. The summed E-state index contributed by atoms with van der Waals surface area (Å²) in [5, 5.41) is 0. The van der Waals surface area contributed by atoms with E-state index in [0.29, 0.717) is 17.8 Å². The van der Waals surface area contributed by atoms with Crippen LogP contribution in [0.3, 0.4) is 0 Å². The molecule has 1 aromatic carbocycles. The van der Waals surface area contributed by atoms with Crippen LogP contribution < -0.4 is 0 Å². The van der Waals surface area contributed by atoms with Gasteiger partial charge in [0.2, 0.25) is 0 Å². The van der Waals surface area contributed by atoms with Gasteiger partial charge >= 0.3 is 12.4 Å². The zero-order valence-electron chi connectivity index (χ0n) is 11.0. The van der Waals surface area contributed by atoms with Gasteiger partial charge in [-0.3, -0.25) is 0 Å². The smallest absolute Gasteiger partial charge is 0.302 e. The van der Waals surface area contributed by atoms with Gasteiger partial charge in [-0.15, -0.1) is 0 Å². The number of hydrogen-bond donors (Lipinski definition) is 0. The molecule has 21 heavy (non-hydrogen) atoms. The van der Waals surface area contributed by atoms with Crippen LogP contribution >= 0.6 is 0 Å². The van der Waals surface area contributed by atoms with Gasteiger partial charge in [0.25, 0.3) is 0 Å². The zero-order valence-corrected chi connectivity index (χ0v) is 11.0. The van der Waals surface area contributed by atoms with Crippen LogP contribution in [0, 0.1) is 13.8 Å². The van der Waals surface area contributed by atoms with Crippen molar-refractivity contribution < 1.29 is 26.3 Å². The fraction of sp³-hybridized carbons (Fsp3) is 0.308. The number of hydrogen-bond acceptors (Lipinski definition) is 1. The van der Waals surface area contributed by atoms with Crippen molar-refractivity contribution in [1.82, 2.24) is 9.55 Å². The molecule has 0 unspecified atom stereocenters. The van der Waals surface area contributed by atoms with Crippen molar-refractivity contribution in [2.75, 3.05) is 0 Å². The predicted molar refractivity (Wildman–Crippen MR) is 63.0 cm³/mol. The van der Waals surface area contributed by atoms with Gasteiger partial charge in [-0.2, -0.15) is 26.3 Å². The van der Waals surface area contributed by atoms with Gasteiger partial charge in [0.05, 0.1) is 28.8 Å². The zero-order chi connectivity index (χ0) is 16.0. The minimum atomic E-state index is -4.90. The molecule has 2 aromatic rings. The highest BCUT2D eigenvalue weighted by Gasteiger charge is 2.41. The van der Waals surface area contributed by atoms with Crippen LogP contribution in [-0.2, 0) is 12.4 Å². The molecule has 0 saturated heterocycles. The van der Waals surface area contributed by atoms with E-state index in [1.807, 2.05) is 0 Å². The van der Waals surface area contributed by atoms with Crippen LogP contribution in [0.25, 0.3) is 5.69 Å². The Morgan fingerprint density at radius 3 is 1.71 bits per heavy atom. The first-order chi connectivity index (χ1) is 9.53. The average molecular weight is 308 g/mol. The summed E-state index contributed by atoms with van der Waals surface area (Å²) in [6, 6.07) is 1.99. The monoisotopic (exact) mass is 308 g/mol. The number of aromatic nitrogens is 2. The highest BCUT2D eigenvalue weighted by atomic mass is 19.4. The lowest BCUT2D eigenvalue weighted by atomic mass is 10.1. The Balaban J connectivity index is 2.86. The van der Waals surface area contributed by atoms with Crippen LogP contribution in [0.15, 0.2) is 24.5 Å². The summed E-state index contributed by atoms with van der Waals surface area (Å²) < 4.78 is 79.1. The molecule has 0 N–H and O–H groups in total. The molecule has 0 spiro atoms. The maximum atomic E-state index is 13.0. The third-order valence-electron chi connectivity index (χ3n) is 3.14. The van der Waals surface area contributed by atoms with Crippen molar-refractivity contribution >= 4 is 0 Å². The maximum Gasteiger partial charge on any atom is 0.418 e. The number of aryl methyl sites for hydroxylation is 1. The summed E-state index contributed by atoms with van der Waals surface area (Å²) in [7, 11) is 0. The molecule has 0 atom stereocenters. The van der Waals surface area contributed by atoms with E-state index in [4.69, 9.17) is 0 Å². The molecule has 114 valence electrons. The predicted octanol–water partition coefficient (Wildman–Crippen LogP) is 4.53. The lowest BCUT2D eigenvalue weighted by molar-refractivity contribution is -0.142. The molecule has 0 fully saturated rings. The van der Waals surface area contributed by atoms with Gasteiger partial charge in [-0.1, -0.05) is 6.07 Å². The number of alkyl halides is 6.